The molecule has 0 saturated carbocycles. The fourth-order valence-electron chi connectivity index (χ4n) is 2.34. The Labute approximate surface area is 175 Å². The average Bonchev–Trinajstić information content (AvgIpc) is 3.25. The number of nitro benzene ring substituents is 1. The van der Waals surface area contributed by atoms with Crippen LogP contribution in [0.25, 0.3) is 6.08 Å². The lowest BCUT2D eigenvalue weighted by Gasteiger charge is -2.16. The molecular weight excluding hydrogens is 414 g/mol. The van der Waals surface area contributed by atoms with E-state index < -0.39 is 28.7 Å². The van der Waals surface area contributed by atoms with Crippen LogP contribution in [-0.4, -0.2) is 45.9 Å². The van der Waals surface area contributed by atoms with E-state index in [1.807, 2.05) is 6.26 Å². The zero-order chi connectivity index (χ0) is 22.1. The minimum Gasteiger partial charge on any atom is -0.480 e. The number of furan rings is 1. The van der Waals surface area contributed by atoms with Gasteiger partial charge in [-0.1, -0.05) is 0 Å². The Kier molecular flexibility index (Phi) is 8.18. The number of benzene rings is 1. The SMILES string of the molecule is CSCCC(NC(=O)/C(=C\c1ccc([N+](=O)[O-])cc1)NC(=O)c1ccco1)C(=O)O. The predicted molar refractivity (Wildman–Crippen MR) is 110 cm³/mol. The van der Waals surface area contributed by atoms with Crippen molar-refractivity contribution >= 4 is 41.3 Å². The van der Waals surface area contributed by atoms with Crippen LogP contribution in [0.4, 0.5) is 5.69 Å². The van der Waals surface area contributed by atoms with Crippen molar-refractivity contribution in [3.05, 3.63) is 69.8 Å². The predicted octanol–water partition coefficient (Wildman–Crippen LogP) is 2.28. The first-order valence-corrected chi connectivity index (χ1v) is 10.0. The number of hydrogen-bond acceptors (Lipinski definition) is 7. The molecule has 0 spiro atoms. The summed E-state index contributed by atoms with van der Waals surface area (Å²) >= 11 is 1.43. The van der Waals surface area contributed by atoms with Crippen molar-refractivity contribution in [2.75, 3.05) is 12.0 Å². The van der Waals surface area contributed by atoms with Crippen molar-refractivity contribution in [1.82, 2.24) is 10.6 Å². The summed E-state index contributed by atoms with van der Waals surface area (Å²) in [7, 11) is 0. The molecule has 1 heterocycles. The summed E-state index contributed by atoms with van der Waals surface area (Å²) in [6, 6.07) is 7.03. The van der Waals surface area contributed by atoms with Gasteiger partial charge in [0.2, 0.25) is 0 Å². The lowest BCUT2D eigenvalue weighted by atomic mass is 10.1. The van der Waals surface area contributed by atoms with Gasteiger partial charge in [-0.15, -0.1) is 0 Å². The van der Waals surface area contributed by atoms with Gasteiger partial charge in [-0.3, -0.25) is 19.7 Å². The van der Waals surface area contributed by atoms with E-state index in [4.69, 9.17) is 4.42 Å². The van der Waals surface area contributed by atoms with Crippen molar-refractivity contribution in [2.24, 2.45) is 0 Å². The topological polar surface area (TPSA) is 152 Å². The third-order valence-corrected chi connectivity index (χ3v) is 4.51. The molecule has 0 bridgehead atoms. The van der Waals surface area contributed by atoms with Crippen LogP contribution < -0.4 is 10.6 Å². The Morgan fingerprint density at radius 3 is 2.50 bits per heavy atom. The van der Waals surface area contributed by atoms with Crippen molar-refractivity contribution < 1.29 is 28.8 Å². The van der Waals surface area contributed by atoms with Crippen LogP contribution in [0, 0.1) is 10.1 Å². The molecule has 1 unspecified atom stereocenters. The van der Waals surface area contributed by atoms with Gasteiger partial charge in [-0.05, 0) is 54.3 Å². The molecule has 2 aromatic rings. The number of nitro groups is 1. The van der Waals surface area contributed by atoms with E-state index in [2.05, 4.69) is 10.6 Å². The largest absolute Gasteiger partial charge is 0.480 e. The van der Waals surface area contributed by atoms with Gasteiger partial charge in [0.1, 0.15) is 11.7 Å². The van der Waals surface area contributed by atoms with Crippen LogP contribution in [-0.2, 0) is 9.59 Å². The fourth-order valence-corrected chi connectivity index (χ4v) is 2.81. The quantitative estimate of drug-likeness (QED) is 0.293. The molecule has 0 aliphatic heterocycles. The summed E-state index contributed by atoms with van der Waals surface area (Å²) in [4.78, 5) is 46.7. The van der Waals surface area contributed by atoms with Gasteiger partial charge in [-0.25, -0.2) is 4.79 Å². The van der Waals surface area contributed by atoms with E-state index in [-0.39, 0.29) is 23.6 Å². The maximum Gasteiger partial charge on any atom is 0.326 e. The van der Waals surface area contributed by atoms with Gasteiger partial charge >= 0.3 is 5.97 Å². The Balaban J connectivity index is 2.29. The van der Waals surface area contributed by atoms with Crippen LogP contribution in [0.1, 0.15) is 22.5 Å². The summed E-state index contributed by atoms with van der Waals surface area (Å²) < 4.78 is 5.00. The zero-order valence-corrected chi connectivity index (χ0v) is 16.7. The van der Waals surface area contributed by atoms with Gasteiger partial charge in [0.25, 0.3) is 17.5 Å². The van der Waals surface area contributed by atoms with E-state index >= 15 is 0 Å². The highest BCUT2D eigenvalue weighted by molar-refractivity contribution is 7.98. The number of nitrogens with one attached hydrogen (secondary N) is 2. The molecular formula is C19H19N3O7S. The minimum atomic E-state index is -1.20. The fraction of sp³-hybridized carbons (Fsp3) is 0.211. The standard InChI is InChI=1S/C19H19N3O7S/c1-30-10-8-14(19(25)26)20-17(23)15(21-18(24)16-3-2-9-29-16)11-12-4-6-13(7-5-12)22(27)28/h2-7,9,11,14H,8,10H2,1H3,(H,20,23)(H,21,24)(H,25,26)/b15-11+. The first-order chi connectivity index (χ1) is 14.3. The third-order valence-electron chi connectivity index (χ3n) is 3.87. The molecule has 1 atom stereocenters. The van der Waals surface area contributed by atoms with Crippen LogP contribution in [0.15, 0.2) is 52.8 Å². The molecule has 1 aromatic carbocycles. The summed E-state index contributed by atoms with van der Waals surface area (Å²) in [6.07, 6.45) is 4.58. The molecule has 0 fully saturated rings. The summed E-state index contributed by atoms with van der Waals surface area (Å²) in [5, 5.41) is 24.9. The molecule has 0 aliphatic rings. The van der Waals surface area contributed by atoms with Crippen molar-refractivity contribution in [2.45, 2.75) is 12.5 Å². The number of rotatable bonds is 10. The number of non-ortho nitro benzene ring substituents is 1. The number of nitrogens with zero attached hydrogens (tertiary/aromatic N) is 1. The molecule has 1 aromatic heterocycles. The Bertz CT molecular complexity index is 940. The van der Waals surface area contributed by atoms with E-state index in [1.54, 1.807) is 0 Å². The normalized spacial score (nSPS) is 12.1. The number of thioether (sulfide) groups is 1. The smallest absolute Gasteiger partial charge is 0.326 e. The van der Waals surface area contributed by atoms with Crippen molar-refractivity contribution in [3.63, 3.8) is 0 Å². The molecule has 10 nitrogen and oxygen atoms in total. The highest BCUT2D eigenvalue weighted by Crippen LogP contribution is 2.15. The van der Waals surface area contributed by atoms with E-state index in [9.17, 15) is 29.6 Å². The second kappa shape index (κ2) is 10.8. The first kappa shape index (κ1) is 22.7. The number of carboxylic acids is 1. The number of aliphatic carboxylic acids is 1. The zero-order valence-electron chi connectivity index (χ0n) is 15.9. The molecule has 2 amide bonds. The summed E-state index contributed by atoms with van der Waals surface area (Å²) in [5.41, 5.74) is 0.0166. The molecule has 0 saturated heterocycles. The minimum absolute atomic E-state index is 0.0467. The highest BCUT2D eigenvalue weighted by atomic mass is 32.2. The second-order valence-corrected chi connectivity index (χ2v) is 6.97. The molecule has 158 valence electrons. The van der Waals surface area contributed by atoms with Gasteiger partial charge in [0.15, 0.2) is 5.76 Å². The highest BCUT2D eigenvalue weighted by Gasteiger charge is 2.23. The molecule has 2 rings (SSSR count). The molecule has 0 aliphatic carbocycles. The monoisotopic (exact) mass is 433 g/mol. The molecule has 11 heteroatoms. The number of amides is 2. The van der Waals surface area contributed by atoms with Crippen LogP contribution in [0.5, 0.6) is 0 Å². The van der Waals surface area contributed by atoms with Crippen LogP contribution >= 0.6 is 11.8 Å². The number of carbonyl (C=O) groups is 3. The lowest BCUT2D eigenvalue weighted by Crippen LogP contribution is -2.44. The van der Waals surface area contributed by atoms with Gasteiger partial charge in [0, 0.05) is 12.1 Å². The maximum absolute atomic E-state index is 12.7. The number of hydrogen-bond donors (Lipinski definition) is 3. The van der Waals surface area contributed by atoms with Crippen LogP contribution in [0.3, 0.4) is 0 Å². The van der Waals surface area contributed by atoms with Gasteiger partial charge in [-0.2, -0.15) is 11.8 Å². The second-order valence-electron chi connectivity index (χ2n) is 5.98. The van der Waals surface area contributed by atoms with Gasteiger partial charge in [0.05, 0.1) is 11.2 Å². The summed E-state index contributed by atoms with van der Waals surface area (Å²) in [6.45, 7) is 0. The van der Waals surface area contributed by atoms with E-state index in [0.29, 0.717) is 11.3 Å². The van der Waals surface area contributed by atoms with Crippen LogP contribution in [0.2, 0.25) is 0 Å². The lowest BCUT2D eigenvalue weighted by molar-refractivity contribution is -0.384. The Hall–Kier alpha value is -3.60. The van der Waals surface area contributed by atoms with E-state index in [0.717, 1.165) is 0 Å². The van der Waals surface area contributed by atoms with Crippen molar-refractivity contribution in [3.8, 4) is 0 Å². The maximum atomic E-state index is 12.7. The first-order valence-electron chi connectivity index (χ1n) is 8.65. The molecule has 30 heavy (non-hydrogen) atoms. The Morgan fingerprint density at radius 2 is 1.97 bits per heavy atom. The number of carbonyl (C=O) groups excluding carboxylic acids is 2. The Morgan fingerprint density at radius 1 is 1.27 bits per heavy atom. The summed E-state index contributed by atoms with van der Waals surface area (Å²) in [5.74, 6) is -2.27. The van der Waals surface area contributed by atoms with Crippen molar-refractivity contribution in [1.29, 1.82) is 0 Å². The van der Waals surface area contributed by atoms with E-state index in [1.165, 1.54) is 60.5 Å². The third kappa shape index (κ3) is 6.48. The number of carboxylic acid groups (broad SMARTS) is 1. The average molecular weight is 433 g/mol. The molecule has 3 N–H and O–H groups in total. The van der Waals surface area contributed by atoms with Gasteiger partial charge < -0.3 is 20.2 Å². The molecule has 0 radical (unpaired) electrons.